The Morgan fingerprint density at radius 2 is 1.04 bits per heavy atom. The van der Waals surface area contributed by atoms with Crippen molar-refractivity contribution in [3.05, 3.63) is 216 Å². The van der Waals surface area contributed by atoms with Crippen LogP contribution in [0.15, 0.2) is 194 Å². The number of aromatic nitrogens is 2. The molecule has 2 heteroatoms. The third-order valence-corrected chi connectivity index (χ3v) is 12.0. The highest BCUT2D eigenvalue weighted by molar-refractivity contribution is 6.06. The number of nitrogens with zero attached hydrogens (tertiary/aromatic N) is 2. The van der Waals surface area contributed by atoms with Crippen molar-refractivity contribution >= 4 is 32.6 Å². The average Bonchev–Trinajstić information content (AvgIpc) is 3.87. The lowest BCUT2D eigenvalue weighted by molar-refractivity contribution is 0.802. The van der Waals surface area contributed by atoms with Gasteiger partial charge in [-0.1, -0.05) is 152 Å². The Kier molecular flexibility index (Phi) is 6.01. The molecule has 0 saturated heterocycles. The van der Waals surface area contributed by atoms with Crippen LogP contribution in [0.25, 0.3) is 83.0 Å². The van der Waals surface area contributed by atoms with Gasteiger partial charge in [-0.05, 0) is 120 Å². The van der Waals surface area contributed by atoms with E-state index in [1.807, 2.05) is 0 Å². The van der Waals surface area contributed by atoms with Crippen molar-refractivity contribution in [2.24, 2.45) is 0 Å². The molecule has 2 aliphatic rings. The van der Waals surface area contributed by atoms with Gasteiger partial charge in [0.1, 0.15) is 5.82 Å². The van der Waals surface area contributed by atoms with Crippen molar-refractivity contribution in [1.29, 1.82) is 0 Å². The second kappa shape index (κ2) is 11.0. The summed E-state index contributed by atoms with van der Waals surface area (Å²) in [5.74, 6) is 0.942. The van der Waals surface area contributed by atoms with Gasteiger partial charge in [0.25, 0.3) is 0 Å². The van der Waals surface area contributed by atoms with Crippen LogP contribution in [0.2, 0.25) is 0 Å². The predicted octanol–water partition coefficient (Wildman–Crippen LogP) is 13.0. The topological polar surface area (TPSA) is 17.8 Å². The molecule has 0 saturated carbocycles. The van der Waals surface area contributed by atoms with Crippen molar-refractivity contribution in [2.45, 2.75) is 5.41 Å². The highest BCUT2D eigenvalue weighted by Gasteiger charge is 2.52. The second-order valence-electron chi connectivity index (χ2n) is 14.7. The first-order valence-corrected chi connectivity index (χ1v) is 18.7. The van der Waals surface area contributed by atoms with Crippen LogP contribution in [0.1, 0.15) is 22.3 Å². The molecule has 10 aromatic rings. The molecule has 0 fully saturated rings. The number of benzene rings is 9. The van der Waals surface area contributed by atoms with E-state index in [9.17, 15) is 0 Å². The molecule has 250 valence electrons. The molecule has 2 nitrogen and oxygen atoms in total. The first-order chi connectivity index (χ1) is 26.8. The Bertz CT molecular complexity index is 3110. The Balaban J connectivity index is 1.08. The molecule has 1 heterocycles. The van der Waals surface area contributed by atoms with E-state index < -0.39 is 5.41 Å². The van der Waals surface area contributed by atoms with Crippen LogP contribution >= 0.6 is 0 Å². The summed E-state index contributed by atoms with van der Waals surface area (Å²) in [5.41, 5.74) is 17.0. The quantitative estimate of drug-likeness (QED) is 0.181. The molecule has 54 heavy (non-hydrogen) atoms. The van der Waals surface area contributed by atoms with Gasteiger partial charge in [-0.25, -0.2) is 4.98 Å². The van der Waals surface area contributed by atoms with Crippen molar-refractivity contribution in [3.63, 3.8) is 0 Å². The minimum atomic E-state index is -0.417. The molecular weight excluding hydrogens is 653 g/mol. The van der Waals surface area contributed by atoms with Crippen molar-refractivity contribution in [2.75, 3.05) is 0 Å². The SMILES string of the molecule is c1ccc(-c2nc3cc(-c4ccc5cc6c(cc5c4)C4(c5ccccc5-c5ccccc54)c4c-6ccc5ccccc45)ccc3n2-c2ccccc2)cc1. The molecule has 0 radical (unpaired) electrons. The Morgan fingerprint density at radius 1 is 0.389 bits per heavy atom. The molecule has 1 spiro atoms. The molecule has 0 N–H and O–H groups in total. The maximum Gasteiger partial charge on any atom is 0.145 e. The number of hydrogen-bond acceptors (Lipinski definition) is 1. The molecular formula is C52H32N2. The fourth-order valence-corrected chi connectivity index (χ4v) is 9.72. The maximum atomic E-state index is 5.26. The molecule has 12 rings (SSSR count). The standard InChI is InChI=1S/C52H32N2/c1-3-14-34(15-4-1)51-53-48-32-37(26-28-49(48)54(51)39-16-5-2-6-17-39)35-23-24-36-30-44-43-27-25-33-13-7-8-18-40(33)50(43)52(47(44)31-38(36)29-35)45-21-11-9-19-41(45)42-20-10-12-22-46(42)52/h1-32H. The van der Waals surface area contributed by atoms with Gasteiger partial charge < -0.3 is 0 Å². The zero-order valence-electron chi connectivity index (χ0n) is 29.4. The Morgan fingerprint density at radius 3 is 1.83 bits per heavy atom. The minimum absolute atomic E-state index is 0.417. The van der Waals surface area contributed by atoms with E-state index in [0.29, 0.717) is 0 Å². The summed E-state index contributed by atoms with van der Waals surface area (Å²) in [5, 5.41) is 5.08. The Hall–Kier alpha value is -7.03. The van der Waals surface area contributed by atoms with Gasteiger partial charge in [0.15, 0.2) is 0 Å². The van der Waals surface area contributed by atoms with Crippen molar-refractivity contribution in [1.82, 2.24) is 9.55 Å². The molecule has 0 atom stereocenters. The number of fused-ring (bicyclic) bond motifs is 14. The van der Waals surface area contributed by atoms with Gasteiger partial charge in [-0.2, -0.15) is 0 Å². The lowest BCUT2D eigenvalue weighted by Crippen LogP contribution is -2.26. The fraction of sp³-hybridized carbons (Fsp3) is 0.0192. The van der Waals surface area contributed by atoms with Crippen molar-refractivity contribution in [3.8, 4) is 50.5 Å². The maximum absolute atomic E-state index is 5.26. The van der Waals surface area contributed by atoms with Gasteiger partial charge >= 0.3 is 0 Å². The third-order valence-electron chi connectivity index (χ3n) is 12.0. The van der Waals surface area contributed by atoms with Gasteiger partial charge in [-0.15, -0.1) is 0 Å². The van der Waals surface area contributed by atoms with E-state index in [-0.39, 0.29) is 0 Å². The van der Waals surface area contributed by atoms with Crippen LogP contribution < -0.4 is 0 Å². The molecule has 2 aliphatic carbocycles. The normalized spacial score (nSPS) is 13.3. The van der Waals surface area contributed by atoms with E-state index in [0.717, 1.165) is 33.7 Å². The summed E-state index contributed by atoms with van der Waals surface area (Å²) >= 11 is 0. The molecule has 0 amide bonds. The smallest absolute Gasteiger partial charge is 0.145 e. The summed E-state index contributed by atoms with van der Waals surface area (Å²) in [6.45, 7) is 0. The summed E-state index contributed by atoms with van der Waals surface area (Å²) in [7, 11) is 0. The summed E-state index contributed by atoms with van der Waals surface area (Å²) in [6.07, 6.45) is 0. The number of imidazole rings is 1. The molecule has 1 aromatic heterocycles. The first kappa shape index (κ1) is 29.5. The highest BCUT2D eigenvalue weighted by Crippen LogP contribution is 2.64. The first-order valence-electron chi connectivity index (χ1n) is 18.7. The summed E-state index contributed by atoms with van der Waals surface area (Å²) in [4.78, 5) is 5.26. The molecule has 0 unspecified atom stereocenters. The lowest BCUT2D eigenvalue weighted by atomic mass is 9.69. The van der Waals surface area contributed by atoms with Crippen molar-refractivity contribution < 1.29 is 0 Å². The molecule has 0 aliphatic heterocycles. The van der Waals surface area contributed by atoms with Crippen LogP contribution in [0.5, 0.6) is 0 Å². The van der Waals surface area contributed by atoms with E-state index in [1.54, 1.807) is 0 Å². The van der Waals surface area contributed by atoms with Gasteiger partial charge in [0.2, 0.25) is 0 Å². The van der Waals surface area contributed by atoms with Gasteiger partial charge in [0, 0.05) is 11.3 Å². The van der Waals surface area contributed by atoms with E-state index in [1.165, 1.54) is 71.6 Å². The van der Waals surface area contributed by atoms with Crippen LogP contribution in [-0.4, -0.2) is 9.55 Å². The highest BCUT2D eigenvalue weighted by atomic mass is 15.1. The predicted molar refractivity (Wildman–Crippen MR) is 223 cm³/mol. The second-order valence-corrected chi connectivity index (χ2v) is 14.7. The largest absolute Gasteiger partial charge is 0.292 e. The van der Waals surface area contributed by atoms with Crippen LogP contribution in [-0.2, 0) is 5.41 Å². The molecule has 9 aromatic carbocycles. The zero-order valence-corrected chi connectivity index (χ0v) is 29.4. The minimum Gasteiger partial charge on any atom is -0.292 e. The van der Waals surface area contributed by atoms with Gasteiger partial charge in [0.05, 0.1) is 16.4 Å². The number of hydrogen-bond donors (Lipinski definition) is 0. The van der Waals surface area contributed by atoms with E-state index >= 15 is 0 Å². The zero-order chi connectivity index (χ0) is 35.4. The third kappa shape index (κ3) is 3.92. The van der Waals surface area contributed by atoms with Crippen LogP contribution in [0, 0.1) is 0 Å². The van der Waals surface area contributed by atoms with Gasteiger partial charge in [-0.3, -0.25) is 4.57 Å². The lowest BCUT2D eigenvalue weighted by Gasteiger charge is -2.31. The van der Waals surface area contributed by atoms with E-state index in [2.05, 4.69) is 199 Å². The van der Waals surface area contributed by atoms with E-state index in [4.69, 9.17) is 4.98 Å². The Labute approximate surface area is 313 Å². The van der Waals surface area contributed by atoms with Crippen LogP contribution in [0.4, 0.5) is 0 Å². The summed E-state index contributed by atoms with van der Waals surface area (Å²) in [6, 6.07) is 71.4. The summed E-state index contributed by atoms with van der Waals surface area (Å²) < 4.78 is 2.27. The monoisotopic (exact) mass is 684 g/mol. The molecule has 0 bridgehead atoms. The number of para-hydroxylation sites is 1. The number of rotatable bonds is 3. The average molecular weight is 685 g/mol. The fourth-order valence-electron chi connectivity index (χ4n) is 9.72. The van der Waals surface area contributed by atoms with Crippen LogP contribution in [0.3, 0.4) is 0 Å².